The topological polar surface area (TPSA) is 19.0 Å². The molecule has 7 heteroatoms. The number of hydrogen-bond acceptors (Lipinski definition) is 6. The minimum Gasteiger partial charge on any atom is -0.458 e. The average Bonchev–Trinajstić information content (AvgIpc) is 3.82. The van der Waals surface area contributed by atoms with E-state index in [2.05, 4.69) is 272 Å². The fraction of sp³-hybridized carbons (Fsp3) is 0.0423. The van der Waals surface area contributed by atoms with Crippen LogP contribution >= 0.6 is 22.7 Å². The number of nitrogens with zero attached hydrogens (tertiary/aromatic N) is 3. The van der Waals surface area contributed by atoms with Crippen molar-refractivity contribution < 1.29 is 4.74 Å². The number of para-hydroxylation sites is 4. The third kappa shape index (κ3) is 7.05. The predicted molar refractivity (Wildman–Crippen MR) is 337 cm³/mol. The second-order valence-corrected chi connectivity index (χ2v) is 23.2. The SMILES string of the molecule is Cc1cc(C)c(N2c3cc4c(cc3B3c5cc6sc7cc8cc(N(c9ccccc9)c9ccccc9)ccc8cc7c6cc5Oc5cccc2c53)sc2cc3cc(N(c5ccccc5)c5ccccc5)ccc3cc24)c(C)c1. The summed E-state index contributed by atoms with van der Waals surface area (Å²) in [5.74, 6) is 1.84. The molecule has 0 bridgehead atoms. The molecule has 0 unspecified atom stereocenters. The van der Waals surface area contributed by atoms with Crippen LogP contribution in [0.5, 0.6) is 11.5 Å². The molecule has 2 aliphatic heterocycles. The Morgan fingerprint density at radius 2 is 0.821 bits per heavy atom. The molecule has 14 aromatic rings. The van der Waals surface area contributed by atoms with E-state index in [9.17, 15) is 0 Å². The first-order chi connectivity index (χ1) is 38.4. The van der Waals surface area contributed by atoms with Gasteiger partial charge in [0.15, 0.2) is 0 Å². The van der Waals surface area contributed by atoms with Crippen LogP contribution in [0.1, 0.15) is 16.7 Å². The van der Waals surface area contributed by atoms with E-state index in [0.29, 0.717) is 0 Å². The van der Waals surface area contributed by atoms with E-state index >= 15 is 0 Å². The molecule has 368 valence electrons. The van der Waals surface area contributed by atoms with E-state index in [1.54, 1.807) is 0 Å². The molecule has 0 radical (unpaired) electrons. The van der Waals surface area contributed by atoms with Gasteiger partial charge >= 0.3 is 0 Å². The van der Waals surface area contributed by atoms with Crippen LogP contribution in [0.2, 0.25) is 0 Å². The zero-order valence-corrected chi connectivity index (χ0v) is 44.8. The van der Waals surface area contributed by atoms with Gasteiger partial charge in [-0.3, -0.25) is 0 Å². The Labute approximate surface area is 461 Å². The Bertz CT molecular complexity index is 4670. The van der Waals surface area contributed by atoms with E-state index in [-0.39, 0.29) is 6.71 Å². The number of ether oxygens (including phenoxy) is 1. The number of fused-ring (bicyclic) bond motifs is 12. The van der Waals surface area contributed by atoms with Gasteiger partial charge in [-0.1, -0.05) is 109 Å². The van der Waals surface area contributed by atoms with Crippen molar-refractivity contribution in [3.05, 3.63) is 253 Å². The van der Waals surface area contributed by atoms with E-state index in [4.69, 9.17) is 4.74 Å². The molecule has 12 aromatic carbocycles. The first kappa shape index (κ1) is 45.1. The minimum absolute atomic E-state index is 0.0475. The number of anilines is 9. The Hall–Kier alpha value is -9.14. The molecule has 16 rings (SSSR count). The summed E-state index contributed by atoms with van der Waals surface area (Å²) in [5, 5.41) is 9.91. The van der Waals surface area contributed by atoms with Gasteiger partial charge in [0.2, 0.25) is 0 Å². The van der Waals surface area contributed by atoms with Gasteiger partial charge in [-0.2, -0.15) is 0 Å². The van der Waals surface area contributed by atoms with Crippen LogP contribution in [0.3, 0.4) is 0 Å². The van der Waals surface area contributed by atoms with Crippen molar-refractivity contribution in [1.29, 1.82) is 0 Å². The van der Waals surface area contributed by atoms with Gasteiger partial charge in [-0.15, -0.1) is 22.7 Å². The summed E-state index contributed by atoms with van der Waals surface area (Å²) in [4.78, 5) is 7.24. The predicted octanol–water partition coefficient (Wildman–Crippen LogP) is 19.0. The zero-order chi connectivity index (χ0) is 51.8. The lowest BCUT2D eigenvalue weighted by Crippen LogP contribution is -2.59. The number of hydrogen-bond donors (Lipinski definition) is 0. The zero-order valence-electron chi connectivity index (χ0n) is 43.2. The van der Waals surface area contributed by atoms with Gasteiger partial charge in [-0.05, 0) is 203 Å². The molecule has 0 spiro atoms. The van der Waals surface area contributed by atoms with Crippen molar-refractivity contribution in [3.8, 4) is 11.5 Å². The van der Waals surface area contributed by atoms with E-state index in [0.717, 1.165) is 45.6 Å². The van der Waals surface area contributed by atoms with Crippen LogP contribution in [0, 0.1) is 20.8 Å². The van der Waals surface area contributed by atoms with Crippen molar-refractivity contribution in [1.82, 2.24) is 0 Å². The molecule has 0 saturated carbocycles. The van der Waals surface area contributed by atoms with Gasteiger partial charge in [0.25, 0.3) is 6.71 Å². The Morgan fingerprint density at radius 3 is 1.33 bits per heavy atom. The van der Waals surface area contributed by atoms with Crippen LogP contribution in [-0.4, -0.2) is 6.71 Å². The molecular formula is C71H48BN3OS2. The first-order valence-corrected chi connectivity index (χ1v) is 28.4. The summed E-state index contributed by atoms with van der Waals surface area (Å²) in [6.07, 6.45) is 0. The van der Waals surface area contributed by atoms with Gasteiger partial charge < -0.3 is 19.4 Å². The lowest BCUT2D eigenvalue weighted by Gasteiger charge is -2.41. The van der Waals surface area contributed by atoms with Crippen LogP contribution in [0.4, 0.5) is 51.2 Å². The molecule has 0 fully saturated rings. The number of benzene rings is 12. The Balaban J connectivity index is 0.870. The molecule has 0 N–H and O–H groups in total. The van der Waals surface area contributed by atoms with E-state index in [1.165, 1.54) is 112 Å². The minimum atomic E-state index is -0.0475. The third-order valence-electron chi connectivity index (χ3n) is 16.2. The molecule has 78 heavy (non-hydrogen) atoms. The quantitative estimate of drug-likeness (QED) is 0.148. The summed E-state index contributed by atoms with van der Waals surface area (Å²) < 4.78 is 12.3. The lowest BCUT2D eigenvalue weighted by molar-refractivity contribution is 0.488. The standard InChI is InChI=1S/C71H48BN3OS2/c1-43-31-44(2)71(45(3)32-43)75-62-25-16-26-64-70(62)72(60-41-68-58(39-63(60)75)56-35-46-27-29-54(33-48(46)37-66(56)77-68)73(50-17-8-4-9-18-50)51-19-10-5-11-20-51)61-42-69-59(40-65(61)76-64)57-36-47-28-30-55(34-49(47)38-67(57)78-69)74(52-21-12-6-13-22-52)53-23-14-7-15-24-53/h4-42H,1-3H3. The summed E-state index contributed by atoms with van der Waals surface area (Å²) in [5.41, 5.74) is 17.9. The molecule has 0 amide bonds. The third-order valence-corrected chi connectivity index (χ3v) is 18.4. The molecule has 4 nitrogen and oxygen atoms in total. The van der Waals surface area contributed by atoms with Crippen molar-refractivity contribution in [2.45, 2.75) is 20.8 Å². The maximum Gasteiger partial charge on any atom is 0.256 e. The lowest BCUT2D eigenvalue weighted by atomic mass is 9.34. The maximum atomic E-state index is 7.18. The summed E-state index contributed by atoms with van der Waals surface area (Å²) >= 11 is 3.78. The molecule has 4 heterocycles. The molecule has 2 aromatic heterocycles. The van der Waals surface area contributed by atoms with Crippen LogP contribution < -0.4 is 35.8 Å². The largest absolute Gasteiger partial charge is 0.458 e. The second-order valence-electron chi connectivity index (χ2n) is 21.1. The highest BCUT2D eigenvalue weighted by Gasteiger charge is 2.43. The molecule has 2 aliphatic rings. The van der Waals surface area contributed by atoms with Crippen molar-refractivity contribution in [3.63, 3.8) is 0 Å². The first-order valence-electron chi connectivity index (χ1n) is 26.7. The highest BCUT2D eigenvalue weighted by atomic mass is 32.1. The molecule has 0 aliphatic carbocycles. The van der Waals surface area contributed by atoms with E-state index < -0.39 is 0 Å². The van der Waals surface area contributed by atoms with Crippen LogP contribution in [0.25, 0.3) is 61.9 Å². The smallest absolute Gasteiger partial charge is 0.256 e. The van der Waals surface area contributed by atoms with Gasteiger partial charge in [0.05, 0.1) is 5.69 Å². The summed E-state index contributed by atoms with van der Waals surface area (Å²) in [6.45, 7) is 6.69. The highest BCUT2D eigenvalue weighted by Crippen LogP contribution is 2.49. The maximum absolute atomic E-state index is 7.18. The van der Waals surface area contributed by atoms with Crippen molar-refractivity contribution in [2.75, 3.05) is 14.7 Å². The van der Waals surface area contributed by atoms with Gasteiger partial charge in [-0.25, -0.2) is 0 Å². The van der Waals surface area contributed by atoms with Gasteiger partial charge in [0.1, 0.15) is 11.5 Å². The van der Waals surface area contributed by atoms with Gasteiger partial charge in [0, 0.05) is 85.8 Å². The van der Waals surface area contributed by atoms with E-state index in [1.807, 2.05) is 22.7 Å². The number of rotatable bonds is 7. The second kappa shape index (κ2) is 17.4. The number of aryl methyl sites for hydroxylation is 3. The number of thiophene rings is 2. The highest BCUT2D eigenvalue weighted by molar-refractivity contribution is 7.26. The monoisotopic (exact) mass is 1030 g/mol. The fourth-order valence-electron chi connectivity index (χ4n) is 12.9. The Kier molecular flexibility index (Phi) is 10.1. The average molecular weight is 1030 g/mol. The summed E-state index contributed by atoms with van der Waals surface area (Å²) in [6, 6.07) is 87.2. The normalized spacial score (nSPS) is 12.6. The molecule has 0 atom stereocenters. The molecular weight excluding hydrogens is 986 g/mol. The fourth-order valence-corrected chi connectivity index (χ4v) is 15.3. The van der Waals surface area contributed by atoms with Crippen molar-refractivity contribution in [2.24, 2.45) is 0 Å². The van der Waals surface area contributed by atoms with Crippen molar-refractivity contribution >= 4 is 159 Å². The Morgan fingerprint density at radius 1 is 0.359 bits per heavy atom. The molecule has 0 saturated heterocycles. The summed E-state index contributed by atoms with van der Waals surface area (Å²) in [7, 11) is 0. The van der Waals surface area contributed by atoms with Crippen LogP contribution in [-0.2, 0) is 0 Å². The van der Waals surface area contributed by atoms with Crippen LogP contribution in [0.15, 0.2) is 237 Å².